The highest BCUT2D eigenvalue weighted by Gasteiger charge is 2.40. The van der Waals surface area contributed by atoms with Crippen LogP contribution in [0.25, 0.3) is 0 Å². The number of carbonyl (C=O) groups excluding carboxylic acids is 1. The van der Waals surface area contributed by atoms with E-state index in [9.17, 15) is 4.79 Å². The highest BCUT2D eigenvalue weighted by atomic mass is 35.5. The number of carbonyl (C=O) groups is 1. The summed E-state index contributed by atoms with van der Waals surface area (Å²) in [7, 11) is 3.07. The number of aliphatic imine (C=N–C) groups is 2. The van der Waals surface area contributed by atoms with Crippen LogP contribution in [0.1, 0.15) is 29.5 Å². The molecule has 0 saturated carbocycles. The first-order valence-electron chi connectivity index (χ1n) is 11.1. The summed E-state index contributed by atoms with van der Waals surface area (Å²) < 4.78 is 10.6. The molecule has 1 spiro atoms. The Morgan fingerprint density at radius 1 is 1.06 bits per heavy atom. The van der Waals surface area contributed by atoms with Crippen LogP contribution in [0.5, 0.6) is 11.5 Å². The van der Waals surface area contributed by atoms with Crippen molar-refractivity contribution >= 4 is 45.8 Å². The number of thioether (sulfide) groups is 1. The molecule has 0 unspecified atom stereocenters. The normalized spacial score (nSPS) is 16.8. The van der Waals surface area contributed by atoms with E-state index in [2.05, 4.69) is 37.4 Å². The molecule has 2 aliphatic heterocycles. The molecule has 0 bridgehead atoms. The number of methoxy groups -OCH3 is 2. The molecule has 1 saturated heterocycles. The van der Waals surface area contributed by atoms with Crippen molar-refractivity contribution in [3.05, 3.63) is 52.0 Å². The van der Waals surface area contributed by atoms with Gasteiger partial charge in [-0.3, -0.25) is 4.99 Å². The van der Waals surface area contributed by atoms with Gasteiger partial charge in [-0.25, -0.2) is 9.79 Å². The number of nitrogens with zero attached hydrogens (tertiary/aromatic N) is 3. The van der Waals surface area contributed by atoms with Gasteiger partial charge < -0.3 is 19.7 Å². The minimum absolute atomic E-state index is 0.209. The molecule has 9 heteroatoms. The van der Waals surface area contributed by atoms with Gasteiger partial charge in [-0.15, -0.1) is 11.8 Å². The monoisotopic (exact) mass is 500 g/mol. The zero-order valence-corrected chi connectivity index (χ0v) is 21.6. The molecule has 180 valence electrons. The number of halogens is 1. The molecule has 34 heavy (non-hydrogen) atoms. The summed E-state index contributed by atoms with van der Waals surface area (Å²) in [6.07, 6.45) is 3.36. The maximum absolute atomic E-state index is 13.0. The number of benzene rings is 2. The first kappa shape index (κ1) is 24.4. The number of rotatable bonds is 4. The summed E-state index contributed by atoms with van der Waals surface area (Å²) in [5.41, 5.74) is 4.53. The number of nitrogens with one attached hydrogen (secondary N) is 1. The smallest absolute Gasteiger partial charge is 0.321 e. The average molecular weight is 501 g/mol. The van der Waals surface area contributed by atoms with E-state index in [-0.39, 0.29) is 6.03 Å². The molecule has 2 heterocycles. The highest BCUT2D eigenvalue weighted by Crippen LogP contribution is 2.38. The molecule has 0 atom stereocenters. The van der Waals surface area contributed by atoms with Gasteiger partial charge in [-0.05, 0) is 43.4 Å². The topological polar surface area (TPSA) is 75.5 Å². The molecule has 0 aromatic heterocycles. The summed E-state index contributed by atoms with van der Waals surface area (Å²) in [6.45, 7) is 5.32. The fourth-order valence-corrected chi connectivity index (χ4v) is 5.04. The largest absolute Gasteiger partial charge is 0.495 e. The van der Waals surface area contributed by atoms with E-state index in [0.717, 1.165) is 16.3 Å². The Balaban J connectivity index is 1.48. The van der Waals surface area contributed by atoms with Crippen molar-refractivity contribution in [2.45, 2.75) is 32.4 Å². The van der Waals surface area contributed by atoms with E-state index < -0.39 is 5.66 Å². The summed E-state index contributed by atoms with van der Waals surface area (Å²) >= 11 is 7.86. The fourth-order valence-electron chi connectivity index (χ4n) is 4.19. The van der Waals surface area contributed by atoms with Crippen molar-refractivity contribution in [1.29, 1.82) is 0 Å². The van der Waals surface area contributed by atoms with Crippen LogP contribution in [0, 0.1) is 13.8 Å². The van der Waals surface area contributed by atoms with Gasteiger partial charge in [0, 0.05) is 37.6 Å². The van der Waals surface area contributed by atoms with Gasteiger partial charge in [0.1, 0.15) is 16.5 Å². The van der Waals surface area contributed by atoms with Crippen LogP contribution in [0.4, 0.5) is 10.5 Å². The SMILES string of the molecule is COc1cc(OC)c(NC(=O)N2CCC3(CC2)N=C(SC)C(c2ccc(C)c(C)c2)=N3)cc1Cl. The second kappa shape index (κ2) is 9.88. The molecule has 4 rings (SSSR count). The van der Waals surface area contributed by atoms with Crippen LogP contribution in [0.15, 0.2) is 40.3 Å². The Labute approximate surface area is 209 Å². The van der Waals surface area contributed by atoms with Crippen LogP contribution in [-0.4, -0.2) is 60.9 Å². The van der Waals surface area contributed by atoms with Crippen LogP contribution in [0.3, 0.4) is 0 Å². The van der Waals surface area contributed by atoms with E-state index in [1.54, 1.807) is 28.8 Å². The van der Waals surface area contributed by atoms with Gasteiger partial charge in [-0.2, -0.15) is 0 Å². The maximum atomic E-state index is 13.0. The van der Waals surface area contributed by atoms with Crippen LogP contribution < -0.4 is 14.8 Å². The minimum Gasteiger partial charge on any atom is -0.495 e. The lowest BCUT2D eigenvalue weighted by molar-refractivity contribution is 0.175. The maximum Gasteiger partial charge on any atom is 0.321 e. The minimum atomic E-state index is -0.510. The molecule has 7 nitrogen and oxygen atoms in total. The molecular weight excluding hydrogens is 472 g/mol. The van der Waals surface area contributed by atoms with E-state index in [1.807, 2.05) is 6.26 Å². The van der Waals surface area contributed by atoms with E-state index >= 15 is 0 Å². The van der Waals surface area contributed by atoms with Gasteiger partial charge in [0.2, 0.25) is 0 Å². The van der Waals surface area contributed by atoms with E-state index in [1.165, 1.54) is 25.3 Å². The second-order valence-corrected chi connectivity index (χ2v) is 9.67. The van der Waals surface area contributed by atoms with Crippen molar-refractivity contribution in [2.75, 3.05) is 38.9 Å². The Kier molecular flexibility index (Phi) is 7.09. The fraction of sp³-hybridized carbons (Fsp3) is 0.400. The number of aryl methyl sites for hydroxylation is 2. The lowest BCUT2D eigenvalue weighted by atomic mass is 9.98. The third-order valence-corrected chi connectivity index (χ3v) is 7.34. The first-order chi connectivity index (χ1) is 16.3. The number of ether oxygens (including phenoxy) is 2. The van der Waals surface area contributed by atoms with Crippen molar-refractivity contribution in [1.82, 2.24) is 4.90 Å². The quantitative estimate of drug-likeness (QED) is 0.596. The van der Waals surface area contributed by atoms with Crippen LogP contribution in [0.2, 0.25) is 5.02 Å². The first-order valence-corrected chi connectivity index (χ1v) is 12.7. The predicted octanol–water partition coefficient (Wildman–Crippen LogP) is 5.56. The van der Waals surface area contributed by atoms with Gasteiger partial charge in [0.25, 0.3) is 0 Å². The molecule has 2 aliphatic rings. The average Bonchev–Trinajstić information content (AvgIpc) is 3.19. The van der Waals surface area contributed by atoms with Gasteiger partial charge in [0.15, 0.2) is 5.66 Å². The van der Waals surface area contributed by atoms with Gasteiger partial charge >= 0.3 is 6.03 Å². The Bertz CT molecular complexity index is 1170. The molecule has 2 aromatic rings. The molecule has 0 radical (unpaired) electrons. The van der Waals surface area contributed by atoms with Gasteiger partial charge in [0.05, 0.1) is 30.6 Å². The summed E-state index contributed by atoms with van der Waals surface area (Å²) in [5, 5.41) is 4.27. The molecular formula is C25H29ClN4O3S. The zero-order valence-electron chi connectivity index (χ0n) is 20.1. The number of likely N-dealkylation sites (tertiary alicyclic amines) is 1. The molecule has 2 amide bonds. The van der Waals surface area contributed by atoms with E-state index in [0.29, 0.717) is 48.1 Å². The molecule has 1 N–H and O–H groups in total. The number of amides is 2. The molecule has 2 aromatic carbocycles. The highest BCUT2D eigenvalue weighted by molar-refractivity contribution is 8.15. The predicted molar refractivity (Wildman–Crippen MR) is 141 cm³/mol. The third kappa shape index (κ3) is 4.74. The van der Waals surface area contributed by atoms with Crippen molar-refractivity contribution in [2.24, 2.45) is 9.98 Å². The molecule has 1 fully saturated rings. The molecule has 0 aliphatic carbocycles. The number of hydrogen-bond donors (Lipinski definition) is 1. The Hall–Kier alpha value is -2.71. The van der Waals surface area contributed by atoms with Crippen LogP contribution >= 0.6 is 23.4 Å². The number of urea groups is 1. The Morgan fingerprint density at radius 3 is 2.38 bits per heavy atom. The van der Waals surface area contributed by atoms with E-state index in [4.69, 9.17) is 31.1 Å². The van der Waals surface area contributed by atoms with Crippen LogP contribution in [-0.2, 0) is 0 Å². The number of anilines is 1. The summed E-state index contributed by atoms with van der Waals surface area (Å²) in [6, 6.07) is 9.50. The Morgan fingerprint density at radius 2 is 1.76 bits per heavy atom. The van der Waals surface area contributed by atoms with Gasteiger partial charge in [-0.1, -0.05) is 23.7 Å². The zero-order chi connectivity index (χ0) is 24.5. The van der Waals surface area contributed by atoms with Crippen molar-refractivity contribution in [3.63, 3.8) is 0 Å². The standard InChI is InChI=1S/C25H29ClN4O3S/c1-15-6-7-17(12-16(15)2)22-23(34-5)29-25(28-22)8-10-30(11-9-25)24(31)27-19-13-18(26)20(32-3)14-21(19)33-4/h6-7,12-14H,8-11H2,1-5H3,(H,27,31). The summed E-state index contributed by atoms with van der Waals surface area (Å²) in [5.74, 6) is 0.966. The lowest BCUT2D eigenvalue weighted by Gasteiger charge is -2.35. The summed E-state index contributed by atoms with van der Waals surface area (Å²) in [4.78, 5) is 24.9. The van der Waals surface area contributed by atoms with Crippen molar-refractivity contribution in [3.8, 4) is 11.5 Å². The third-order valence-electron chi connectivity index (χ3n) is 6.37. The number of piperidine rings is 1. The number of hydrogen-bond acceptors (Lipinski definition) is 6. The lowest BCUT2D eigenvalue weighted by Crippen LogP contribution is -2.46. The van der Waals surface area contributed by atoms with Crippen molar-refractivity contribution < 1.29 is 14.3 Å². The second-order valence-electron chi connectivity index (χ2n) is 8.47.